The summed E-state index contributed by atoms with van der Waals surface area (Å²) in [6.45, 7) is 5.38. The van der Waals surface area contributed by atoms with Gasteiger partial charge < -0.3 is 14.4 Å². The van der Waals surface area contributed by atoms with Gasteiger partial charge in [-0.3, -0.25) is 9.05 Å². The fourth-order valence-corrected chi connectivity index (χ4v) is 1.43. The molecule has 0 aromatic heterocycles. The third-order valence-electron chi connectivity index (χ3n) is 1.37. The predicted molar refractivity (Wildman–Crippen MR) is 54.7 cm³/mol. The molecule has 7 heteroatoms. The normalized spacial score (nSPS) is 11.9. The van der Waals surface area contributed by atoms with E-state index in [0.717, 1.165) is 0 Å². The van der Waals surface area contributed by atoms with Crippen LogP contribution in [0.15, 0.2) is 0 Å². The van der Waals surface area contributed by atoms with Crippen molar-refractivity contribution in [3.63, 3.8) is 0 Å². The maximum Gasteiger partial charge on any atom is 0.472 e. The van der Waals surface area contributed by atoms with Crippen LogP contribution in [0.2, 0.25) is 0 Å². The molecule has 1 N–H and O–H groups in total. The zero-order valence-electron chi connectivity index (χ0n) is 9.18. The lowest BCUT2D eigenvalue weighted by molar-refractivity contribution is 0.0637. The van der Waals surface area contributed by atoms with Gasteiger partial charge in [0.2, 0.25) is 0 Å². The zero-order valence-corrected chi connectivity index (χ0v) is 10.1. The minimum absolute atomic E-state index is 0.0379. The molecule has 0 bridgehead atoms. The molecule has 15 heavy (non-hydrogen) atoms. The lowest BCUT2D eigenvalue weighted by Crippen LogP contribution is -2.07. The number of hydrogen-bond acceptors (Lipinski definition) is 5. The van der Waals surface area contributed by atoms with E-state index in [1.807, 2.05) is 13.8 Å². The summed E-state index contributed by atoms with van der Waals surface area (Å²) in [6.07, 6.45) is 0. The first kappa shape index (κ1) is 15.0. The first-order valence-corrected chi connectivity index (χ1v) is 6.39. The van der Waals surface area contributed by atoms with Gasteiger partial charge >= 0.3 is 7.82 Å². The SMILES string of the molecule is CCOCCOP(=O)(O)OCCOCC. The number of phosphoric ester groups is 1. The maximum absolute atomic E-state index is 11.1. The Morgan fingerprint density at radius 2 is 1.33 bits per heavy atom. The van der Waals surface area contributed by atoms with E-state index in [4.69, 9.17) is 14.4 Å². The van der Waals surface area contributed by atoms with Crippen molar-refractivity contribution in [3.8, 4) is 0 Å². The summed E-state index contributed by atoms with van der Waals surface area (Å²) in [5.41, 5.74) is 0. The molecule has 0 fully saturated rings. The number of phosphoric acid groups is 1. The lowest BCUT2D eigenvalue weighted by atomic mass is 10.8. The summed E-state index contributed by atoms with van der Waals surface area (Å²) in [6, 6.07) is 0. The standard InChI is InChI=1S/C8H19O6P/c1-3-11-5-7-13-15(9,10)14-8-6-12-4-2/h3-8H2,1-2H3,(H,9,10). The number of hydrogen-bond donors (Lipinski definition) is 1. The molecule has 0 saturated heterocycles. The minimum Gasteiger partial charge on any atom is -0.379 e. The van der Waals surface area contributed by atoms with Gasteiger partial charge in [0.05, 0.1) is 26.4 Å². The van der Waals surface area contributed by atoms with E-state index in [0.29, 0.717) is 13.2 Å². The molecule has 0 aliphatic carbocycles. The Balaban J connectivity index is 3.45. The van der Waals surface area contributed by atoms with Crippen molar-refractivity contribution in [1.82, 2.24) is 0 Å². The van der Waals surface area contributed by atoms with Gasteiger partial charge in [-0.25, -0.2) is 4.57 Å². The topological polar surface area (TPSA) is 74.2 Å². The van der Waals surface area contributed by atoms with Crippen LogP contribution < -0.4 is 0 Å². The summed E-state index contributed by atoms with van der Waals surface area (Å²) < 4.78 is 30.2. The lowest BCUT2D eigenvalue weighted by Gasteiger charge is -2.11. The van der Waals surface area contributed by atoms with E-state index in [-0.39, 0.29) is 26.4 Å². The molecule has 6 nitrogen and oxygen atoms in total. The van der Waals surface area contributed by atoms with E-state index in [1.54, 1.807) is 0 Å². The third-order valence-corrected chi connectivity index (χ3v) is 2.39. The zero-order chi connectivity index (χ0) is 11.6. The monoisotopic (exact) mass is 242 g/mol. The van der Waals surface area contributed by atoms with Crippen LogP contribution in [0.25, 0.3) is 0 Å². The molecule has 0 spiro atoms. The molecule has 0 unspecified atom stereocenters. The summed E-state index contributed by atoms with van der Waals surface area (Å²) >= 11 is 0. The summed E-state index contributed by atoms with van der Waals surface area (Å²) in [4.78, 5) is 9.11. The largest absolute Gasteiger partial charge is 0.472 e. The Bertz CT molecular complexity index is 170. The van der Waals surface area contributed by atoms with Gasteiger partial charge in [0, 0.05) is 13.2 Å². The number of rotatable bonds is 10. The molecule has 0 amide bonds. The Hall–Kier alpha value is 0.0300. The van der Waals surface area contributed by atoms with Gasteiger partial charge in [0.15, 0.2) is 0 Å². The van der Waals surface area contributed by atoms with Gasteiger partial charge in [-0.15, -0.1) is 0 Å². The molecule has 0 aromatic rings. The van der Waals surface area contributed by atoms with Crippen molar-refractivity contribution >= 4 is 7.82 Å². The molecule has 0 radical (unpaired) electrons. The molecule has 0 heterocycles. The maximum atomic E-state index is 11.1. The first-order chi connectivity index (χ1) is 7.12. The van der Waals surface area contributed by atoms with Crippen LogP contribution in [0.3, 0.4) is 0 Å². The van der Waals surface area contributed by atoms with Crippen molar-refractivity contribution in [2.75, 3.05) is 39.6 Å². The van der Waals surface area contributed by atoms with E-state index >= 15 is 0 Å². The molecule has 0 saturated carbocycles. The fourth-order valence-electron chi connectivity index (χ4n) is 0.749. The van der Waals surface area contributed by atoms with Crippen molar-refractivity contribution < 1.29 is 28.0 Å². The van der Waals surface area contributed by atoms with Crippen molar-refractivity contribution in [1.29, 1.82) is 0 Å². The fraction of sp³-hybridized carbons (Fsp3) is 1.00. The van der Waals surface area contributed by atoms with E-state index in [1.165, 1.54) is 0 Å². The van der Waals surface area contributed by atoms with Crippen LogP contribution in [-0.2, 0) is 23.1 Å². The second kappa shape index (κ2) is 9.27. The first-order valence-electron chi connectivity index (χ1n) is 4.89. The highest BCUT2D eigenvalue weighted by Gasteiger charge is 2.20. The van der Waals surface area contributed by atoms with Crippen LogP contribution in [0.4, 0.5) is 0 Å². The van der Waals surface area contributed by atoms with Crippen LogP contribution in [0.5, 0.6) is 0 Å². The summed E-state index contributed by atoms with van der Waals surface area (Å²) in [5, 5.41) is 0. The van der Waals surface area contributed by atoms with Crippen molar-refractivity contribution in [2.45, 2.75) is 13.8 Å². The molecule has 92 valence electrons. The van der Waals surface area contributed by atoms with E-state index in [9.17, 15) is 4.57 Å². The van der Waals surface area contributed by atoms with Gasteiger partial charge in [0.25, 0.3) is 0 Å². The van der Waals surface area contributed by atoms with Crippen LogP contribution >= 0.6 is 7.82 Å². The van der Waals surface area contributed by atoms with Crippen LogP contribution in [-0.4, -0.2) is 44.5 Å². The quantitative estimate of drug-likeness (QED) is 0.458. The van der Waals surface area contributed by atoms with Gasteiger partial charge in [0.1, 0.15) is 0 Å². The van der Waals surface area contributed by atoms with Gasteiger partial charge in [-0.05, 0) is 13.8 Å². The highest BCUT2D eigenvalue weighted by atomic mass is 31.2. The van der Waals surface area contributed by atoms with Gasteiger partial charge in [-0.2, -0.15) is 0 Å². The van der Waals surface area contributed by atoms with E-state index < -0.39 is 7.82 Å². The van der Waals surface area contributed by atoms with Crippen LogP contribution in [0, 0.1) is 0 Å². The highest BCUT2D eigenvalue weighted by Crippen LogP contribution is 2.42. The molecular formula is C8H19O6P. The highest BCUT2D eigenvalue weighted by molar-refractivity contribution is 7.47. The average Bonchev–Trinajstić information content (AvgIpc) is 2.20. The van der Waals surface area contributed by atoms with E-state index in [2.05, 4.69) is 9.05 Å². The molecule has 0 atom stereocenters. The number of ether oxygens (including phenoxy) is 2. The Morgan fingerprint density at radius 1 is 0.933 bits per heavy atom. The molecule has 0 aromatic carbocycles. The van der Waals surface area contributed by atoms with Crippen LogP contribution in [0.1, 0.15) is 13.8 Å². The van der Waals surface area contributed by atoms with Crippen molar-refractivity contribution in [2.24, 2.45) is 0 Å². The Morgan fingerprint density at radius 3 is 1.67 bits per heavy atom. The summed E-state index contributed by atoms with van der Waals surface area (Å²) in [5.74, 6) is 0. The van der Waals surface area contributed by atoms with Crippen molar-refractivity contribution in [3.05, 3.63) is 0 Å². The molecular weight excluding hydrogens is 223 g/mol. The minimum atomic E-state index is -3.93. The smallest absolute Gasteiger partial charge is 0.379 e. The molecule has 0 aliphatic heterocycles. The van der Waals surface area contributed by atoms with Gasteiger partial charge in [-0.1, -0.05) is 0 Å². The summed E-state index contributed by atoms with van der Waals surface area (Å²) in [7, 11) is -3.93. The predicted octanol–water partition coefficient (Wildman–Crippen LogP) is 1.19. The second-order valence-corrected chi connectivity index (χ2v) is 3.98. The molecule has 0 aliphatic rings. The second-order valence-electron chi connectivity index (χ2n) is 2.53. The molecule has 0 rings (SSSR count). The Labute approximate surface area is 90.1 Å². The average molecular weight is 242 g/mol. The Kier molecular flexibility index (Phi) is 9.29. The third kappa shape index (κ3) is 10.3.